The zero-order chi connectivity index (χ0) is 20.3. The molecule has 1 aromatic heterocycles. The summed E-state index contributed by atoms with van der Waals surface area (Å²) in [7, 11) is 0. The third kappa shape index (κ3) is 5.44. The highest BCUT2D eigenvalue weighted by molar-refractivity contribution is 7.15. The highest BCUT2D eigenvalue weighted by Gasteiger charge is 2.35. The number of halogens is 1. The molecule has 1 fully saturated rings. The fourth-order valence-corrected chi connectivity index (χ4v) is 4.23. The van der Waals surface area contributed by atoms with Gasteiger partial charge in [0.1, 0.15) is 18.0 Å². The Balaban J connectivity index is 1.54. The molecule has 1 aliphatic rings. The predicted molar refractivity (Wildman–Crippen MR) is 113 cm³/mol. The monoisotopic (exact) mass is 423 g/mol. The standard InChI is InChI=1S/C20H26ClN3O3S/c1-13-7-16(8-14(2)18(13)21)27-12-20(26)5-4-6-24(11-20)10-17(25)23-19-22-9-15(3)28-19/h7-9,26H,4-6,10-12H2,1-3H3,(H,22,23,25). The van der Waals surface area contributed by atoms with Gasteiger partial charge >= 0.3 is 0 Å². The van der Waals surface area contributed by atoms with Gasteiger partial charge in [-0.05, 0) is 63.4 Å². The Bertz CT molecular complexity index is 834. The van der Waals surface area contributed by atoms with E-state index in [0.29, 0.717) is 23.8 Å². The van der Waals surface area contributed by atoms with E-state index in [1.54, 1.807) is 6.20 Å². The zero-order valence-corrected chi connectivity index (χ0v) is 18.0. The number of aromatic nitrogens is 1. The summed E-state index contributed by atoms with van der Waals surface area (Å²) in [5.41, 5.74) is 0.906. The molecule has 1 saturated heterocycles. The molecule has 6 nitrogen and oxygen atoms in total. The van der Waals surface area contributed by atoms with Gasteiger partial charge < -0.3 is 15.2 Å². The first-order valence-corrected chi connectivity index (χ1v) is 10.5. The maximum Gasteiger partial charge on any atom is 0.240 e. The van der Waals surface area contributed by atoms with Gasteiger partial charge in [0.15, 0.2) is 5.13 Å². The number of likely N-dealkylation sites (tertiary alicyclic amines) is 1. The molecular weight excluding hydrogens is 398 g/mol. The molecule has 0 spiro atoms. The second kappa shape index (κ2) is 8.78. The lowest BCUT2D eigenvalue weighted by atomic mass is 9.93. The van der Waals surface area contributed by atoms with E-state index in [1.807, 2.05) is 37.8 Å². The number of nitrogens with one attached hydrogen (secondary N) is 1. The number of anilines is 1. The molecule has 2 heterocycles. The number of benzene rings is 1. The maximum absolute atomic E-state index is 12.3. The largest absolute Gasteiger partial charge is 0.491 e. The van der Waals surface area contributed by atoms with Crippen molar-refractivity contribution >= 4 is 34.0 Å². The maximum atomic E-state index is 12.3. The van der Waals surface area contributed by atoms with Crippen molar-refractivity contribution in [1.29, 1.82) is 0 Å². The third-order valence-electron chi connectivity index (χ3n) is 4.79. The molecule has 3 rings (SSSR count). The molecule has 0 saturated carbocycles. The summed E-state index contributed by atoms with van der Waals surface area (Å²) < 4.78 is 5.87. The number of carbonyl (C=O) groups is 1. The number of carbonyl (C=O) groups excluding carboxylic acids is 1. The topological polar surface area (TPSA) is 74.7 Å². The number of ether oxygens (including phenoxy) is 1. The summed E-state index contributed by atoms with van der Waals surface area (Å²) >= 11 is 7.65. The Labute approximate surface area is 174 Å². The van der Waals surface area contributed by atoms with Gasteiger partial charge in [0.25, 0.3) is 0 Å². The number of hydrogen-bond donors (Lipinski definition) is 2. The Kier molecular flexibility index (Phi) is 6.60. The number of β-amino-alcohol motifs (C(OH)–C–C–N with tert-alkyl or cyclic N) is 1. The van der Waals surface area contributed by atoms with Gasteiger partial charge in [-0.15, -0.1) is 11.3 Å². The number of amides is 1. The molecule has 2 N–H and O–H groups in total. The van der Waals surface area contributed by atoms with E-state index in [1.165, 1.54) is 11.3 Å². The smallest absolute Gasteiger partial charge is 0.240 e. The van der Waals surface area contributed by atoms with Crippen molar-refractivity contribution in [3.8, 4) is 5.75 Å². The number of thiazole rings is 1. The molecule has 1 unspecified atom stereocenters. The van der Waals surface area contributed by atoms with Gasteiger partial charge in [0.2, 0.25) is 5.91 Å². The molecule has 1 atom stereocenters. The zero-order valence-electron chi connectivity index (χ0n) is 16.4. The van der Waals surface area contributed by atoms with Crippen LogP contribution in [0.5, 0.6) is 5.75 Å². The Morgan fingerprint density at radius 1 is 1.39 bits per heavy atom. The van der Waals surface area contributed by atoms with E-state index < -0.39 is 5.60 Å². The lowest BCUT2D eigenvalue weighted by molar-refractivity contribution is -0.119. The third-order valence-corrected chi connectivity index (χ3v) is 6.21. The van der Waals surface area contributed by atoms with Crippen LogP contribution >= 0.6 is 22.9 Å². The van der Waals surface area contributed by atoms with Gasteiger partial charge in [-0.2, -0.15) is 0 Å². The number of rotatable bonds is 6. The van der Waals surface area contributed by atoms with E-state index in [-0.39, 0.29) is 19.1 Å². The van der Waals surface area contributed by atoms with Gasteiger partial charge in [0.05, 0.1) is 6.54 Å². The Morgan fingerprint density at radius 3 is 2.75 bits per heavy atom. The van der Waals surface area contributed by atoms with E-state index in [4.69, 9.17) is 16.3 Å². The van der Waals surface area contributed by atoms with Gasteiger partial charge in [-0.1, -0.05) is 11.6 Å². The molecule has 1 aliphatic heterocycles. The number of nitrogens with zero attached hydrogens (tertiary/aromatic N) is 2. The summed E-state index contributed by atoms with van der Waals surface area (Å²) in [4.78, 5) is 19.4. The van der Waals surface area contributed by atoms with Crippen LogP contribution in [0.3, 0.4) is 0 Å². The summed E-state index contributed by atoms with van der Waals surface area (Å²) in [6.07, 6.45) is 3.18. The fourth-order valence-electron chi connectivity index (χ4n) is 3.44. The summed E-state index contributed by atoms with van der Waals surface area (Å²) in [6.45, 7) is 7.37. The number of hydrogen-bond acceptors (Lipinski definition) is 6. The first-order valence-electron chi connectivity index (χ1n) is 9.31. The van der Waals surface area contributed by atoms with Crippen molar-refractivity contribution in [2.45, 2.75) is 39.2 Å². The van der Waals surface area contributed by atoms with Gasteiger partial charge in [0, 0.05) is 22.6 Å². The van der Waals surface area contributed by atoms with Crippen LogP contribution < -0.4 is 10.1 Å². The highest BCUT2D eigenvalue weighted by atomic mass is 35.5. The average Bonchev–Trinajstić information content (AvgIpc) is 3.02. The molecule has 28 heavy (non-hydrogen) atoms. The van der Waals surface area contributed by atoms with Crippen LogP contribution in [-0.2, 0) is 4.79 Å². The molecule has 0 radical (unpaired) electrons. The van der Waals surface area contributed by atoms with Crippen LogP contribution in [0.15, 0.2) is 18.3 Å². The van der Waals surface area contributed by atoms with Crippen molar-refractivity contribution in [3.05, 3.63) is 39.4 Å². The summed E-state index contributed by atoms with van der Waals surface area (Å²) in [5.74, 6) is 0.574. The molecule has 152 valence electrons. The van der Waals surface area contributed by atoms with Crippen molar-refractivity contribution < 1.29 is 14.6 Å². The first-order chi connectivity index (χ1) is 13.2. The van der Waals surface area contributed by atoms with Crippen LogP contribution in [0.4, 0.5) is 5.13 Å². The minimum Gasteiger partial charge on any atom is -0.491 e. The van der Waals surface area contributed by atoms with Crippen molar-refractivity contribution in [3.63, 3.8) is 0 Å². The Morgan fingerprint density at radius 2 is 2.11 bits per heavy atom. The quantitative estimate of drug-likeness (QED) is 0.742. The normalized spacial score (nSPS) is 20.2. The van der Waals surface area contributed by atoms with E-state index in [9.17, 15) is 9.90 Å². The molecule has 8 heteroatoms. The van der Waals surface area contributed by atoms with Crippen LogP contribution in [0.2, 0.25) is 5.02 Å². The van der Waals surface area contributed by atoms with Crippen LogP contribution in [0.1, 0.15) is 28.8 Å². The molecule has 1 aromatic carbocycles. The molecule has 0 bridgehead atoms. The SMILES string of the molecule is Cc1cnc(NC(=O)CN2CCCC(O)(COc3cc(C)c(Cl)c(C)c3)C2)s1. The summed E-state index contributed by atoms with van der Waals surface area (Å²) in [5, 5.41) is 15.1. The van der Waals surface area contributed by atoms with Gasteiger partial charge in [-0.25, -0.2) is 4.98 Å². The minimum absolute atomic E-state index is 0.122. The molecule has 1 amide bonds. The number of aliphatic hydroxyl groups is 1. The van der Waals surface area contributed by atoms with Crippen LogP contribution in [0.25, 0.3) is 0 Å². The Hall–Kier alpha value is -1.67. The van der Waals surface area contributed by atoms with E-state index in [0.717, 1.165) is 34.0 Å². The second-order valence-corrected chi connectivity index (χ2v) is 9.14. The average molecular weight is 424 g/mol. The van der Waals surface area contributed by atoms with Crippen molar-refractivity contribution in [2.24, 2.45) is 0 Å². The first kappa shape index (κ1) is 21.0. The van der Waals surface area contributed by atoms with Crippen LogP contribution in [-0.4, -0.2) is 52.7 Å². The van der Waals surface area contributed by atoms with E-state index in [2.05, 4.69) is 10.3 Å². The minimum atomic E-state index is -0.988. The summed E-state index contributed by atoms with van der Waals surface area (Å²) in [6, 6.07) is 3.76. The molecule has 2 aromatic rings. The lowest BCUT2D eigenvalue weighted by Crippen LogP contribution is -2.53. The predicted octanol–water partition coefficient (Wildman–Crippen LogP) is 3.57. The number of aryl methyl sites for hydroxylation is 3. The van der Waals surface area contributed by atoms with Crippen molar-refractivity contribution in [1.82, 2.24) is 9.88 Å². The molecule has 0 aliphatic carbocycles. The van der Waals surface area contributed by atoms with Gasteiger partial charge in [-0.3, -0.25) is 9.69 Å². The van der Waals surface area contributed by atoms with Crippen molar-refractivity contribution in [2.75, 3.05) is 31.6 Å². The van der Waals surface area contributed by atoms with Crippen LogP contribution in [0, 0.1) is 20.8 Å². The fraction of sp³-hybridized carbons (Fsp3) is 0.500. The number of piperidine rings is 1. The molecular formula is C20H26ClN3O3S. The lowest BCUT2D eigenvalue weighted by Gasteiger charge is -2.38. The second-order valence-electron chi connectivity index (χ2n) is 7.52. The van der Waals surface area contributed by atoms with E-state index >= 15 is 0 Å². The highest BCUT2D eigenvalue weighted by Crippen LogP contribution is 2.28.